The van der Waals surface area contributed by atoms with E-state index in [1.807, 2.05) is 0 Å². The Balaban J connectivity index is 1.17. The first-order valence-electron chi connectivity index (χ1n) is 10.1. The molecule has 3 saturated carbocycles. The van der Waals surface area contributed by atoms with Crippen LogP contribution >= 0.6 is 0 Å². The smallest absolute Gasteiger partial charge is 0.315 e. The van der Waals surface area contributed by atoms with Crippen LogP contribution in [0, 0.1) is 11.3 Å². The Hall–Kier alpha value is -0.810. The molecule has 4 aliphatic rings. The van der Waals surface area contributed by atoms with Gasteiger partial charge in [-0.05, 0) is 62.7 Å². The van der Waals surface area contributed by atoms with Crippen LogP contribution in [0.25, 0.3) is 0 Å². The number of urea groups is 1. The van der Waals surface area contributed by atoms with E-state index >= 15 is 0 Å². The van der Waals surface area contributed by atoms with Crippen LogP contribution in [-0.4, -0.2) is 53.9 Å². The highest BCUT2D eigenvalue weighted by atomic mass is 16.3. The van der Waals surface area contributed by atoms with Gasteiger partial charge in [0, 0.05) is 31.7 Å². The average Bonchev–Trinajstić information content (AvgIpc) is 3.47. The van der Waals surface area contributed by atoms with E-state index in [9.17, 15) is 9.90 Å². The third-order valence-corrected chi connectivity index (χ3v) is 6.96. The van der Waals surface area contributed by atoms with Crippen LogP contribution in [-0.2, 0) is 0 Å². The summed E-state index contributed by atoms with van der Waals surface area (Å²) in [5.41, 5.74) is 0.470. The Bertz CT molecular complexity index is 454. The van der Waals surface area contributed by atoms with Crippen LogP contribution in [0.2, 0.25) is 0 Å². The third-order valence-electron chi connectivity index (χ3n) is 6.96. The van der Waals surface area contributed by atoms with Crippen LogP contribution in [0.3, 0.4) is 0 Å². The van der Waals surface area contributed by atoms with Crippen LogP contribution in [0.5, 0.6) is 0 Å². The lowest BCUT2D eigenvalue weighted by Crippen LogP contribution is -2.53. The average molecular weight is 335 g/mol. The monoisotopic (exact) mass is 335 g/mol. The van der Waals surface area contributed by atoms with E-state index in [1.54, 1.807) is 0 Å². The van der Waals surface area contributed by atoms with Gasteiger partial charge in [0.05, 0.1) is 6.10 Å². The first-order valence-corrected chi connectivity index (χ1v) is 10.1. The topological polar surface area (TPSA) is 64.6 Å². The lowest BCUT2D eigenvalue weighted by molar-refractivity contribution is 0.00776. The molecule has 4 fully saturated rings. The van der Waals surface area contributed by atoms with Crippen LogP contribution in [0.15, 0.2) is 0 Å². The van der Waals surface area contributed by atoms with Crippen LogP contribution in [0.4, 0.5) is 4.79 Å². The molecule has 2 amide bonds. The Kier molecular flexibility index (Phi) is 4.74. The number of amides is 2. The molecule has 5 nitrogen and oxygen atoms in total. The lowest BCUT2D eigenvalue weighted by atomic mass is 9.89. The number of hydrogen-bond donors (Lipinski definition) is 3. The molecule has 2 unspecified atom stereocenters. The van der Waals surface area contributed by atoms with Gasteiger partial charge in [-0.15, -0.1) is 0 Å². The van der Waals surface area contributed by atoms with Gasteiger partial charge in [-0.1, -0.05) is 12.8 Å². The molecule has 24 heavy (non-hydrogen) atoms. The summed E-state index contributed by atoms with van der Waals surface area (Å²) in [6.45, 7) is 2.87. The number of nitrogens with one attached hydrogen (secondary N) is 2. The number of nitrogens with zero attached hydrogens (tertiary/aromatic N) is 1. The first kappa shape index (κ1) is 16.6. The fourth-order valence-electron chi connectivity index (χ4n) is 4.97. The molecule has 0 spiro atoms. The van der Waals surface area contributed by atoms with E-state index in [-0.39, 0.29) is 18.2 Å². The van der Waals surface area contributed by atoms with Crippen molar-refractivity contribution in [2.24, 2.45) is 11.3 Å². The molecule has 136 valence electrons. The Morgan fingerprint density at radius 3 is 2.38 bits per heavy atom. The maximum atomic E-state index is 12.2. The van der Waals surface area contributed by atoms with Gasteiger partial charge in [0.25, 0.3) is 0 Å². The third kappa shape index (κ3) is 3.72. The number of likely N-dealkylation sites (tertiary alicyclic amines) is 1. The number of hydrogen-bond acceptors (Lipinski definition) is 3. The molecule has 3 aliphatic carbocycles. The minimum atomic E-state index is -0.149. The molecular weight excluding hydrogens is 302 g/mol. The van der Waals surface area contributed by atoms with Crippen molar-refractivity contribution in [1.82, 2.24) is 15.5 Å². The minimum absolute atomic E-state index is 0.0260. The van der Waals surface area contributed by atoms with E-state index in [2.05, 4.69) is 15.5 Å². The molecule has 5 heteroatoms. The van der Waals surface area contributed by atoms with E-state index in [0.29, 0.717) is 11.5 Å². The lowest BCUT2D eigenvalue weighted by Gasteiger charge is -2.41. The standard InChI is InChI=1S/C19H33N3O2/c23-17-4-2-1-3-16(17)22-11-7-15(8-12-22)21-18(24)20-13-19(9-10-19)14-5-6-14/h14-17,23H,1-13H2,(H2,20,21,24). The van der Waals surface area contributed by atoms with Crippen LogP contribution in [0.1, 0.15) is 64.2 Å². The van der Waals surface area contributed by atoms with Crippen molar-refractivity contribution in [3.05, 3.63) is 0 Å². The van der Waals surface area contributed by atoms with E-state index < -0.39 is 0 Å². The van der Waals surface area contributed by atoms with E-state index in [0.717, 1.165) is 57.7 Å². The molecule has 3 N–H and O–H groups in total. The maximum absolute atomic E-state index is 12.2. The molecule has 1 heterocycles. The normalized spacial score (nSPS) is 33.9. The van der Waals surface area contributed by atoms with E-state index in [4.69, 9.17) is 0 Å². The molecule has 0 aromatic rings. The van der Waals surface area contributed by atoms with Crippen molar-refractivity contribution < 1.29 is 9.90 Å². The maximum Gasteiger partial charge on any atom is 0.315 e. The van der Waals surface area contributed by atoms with Gasteiger partial charge in [0.15, 0.2) is 0 Å². The second-order valence-corrected chi connectivity index (χ2v) is 8.69. The van der Waals surface area contributed by atoms with Crippen molar-refractivity contribution in [3.8, 4) is 0 Å². The minimum Gasteiger partial charge on any atom is -0.391 e. The second kappa shape index (κ2) is 6.83. The Labute approximate surface area is 145 Å². The number of carbonyl (C=O) groups is 1. The molecular formula is C19H33N3O2. The number of rotatable bonds is 5. The number of aliphatic hydroxyl groups is 1. The zero-order valence-electron chi connectivity index (χ0n) is 14.8. The molecule has 0 bridgehead atoms. The van der Waals surface area contributed by atoms with Crippen molar-refractivity contribution in [2.45, 2.75) is 82.4 Å². The van der Waals surface area contributed by atoms with Crippen molar-refractivity contribution in [2.75, 3.05) is 19.6 Å². The molecule has 0 aromatic heterocycles. The van der Waals surface area contributed by atoms with Crippen molar-refractivity contribution in [3.63, 3.8) is 0 Å². The zero-order chi connectivity index (χ0) is 16.6. The summed E-state index contributed by atoms with van der Waals surface area (Å²) in [6, 6.07) is 0.665. The summed E-state index contributed by atoms with van der Waals surface area (Å²) < 4.78 is 0. The number of carbonyl (C=O) groups excluding carboxylic acids is 1. The van der Waals surface area contributed by atoms with Gasteiger partial charge < -0.3 is 15.7 Å². The van der Waals surface area contributed by atoms with Crippen molar-refractivity contribution >= 4 is 6.03 Å². The van der Waals surface area contributed by atoms with Gasteiger partial charge in [-0.25, -0.2) is 4.79 Å². The van der Waals surface area contributed by atoms with E-state index in [1.165, 1.54) is 32.1 Å². The fourth-order valence-corrected chi connectivity index (χ4v) is 4.97. The first-order chi connectivity index (χ1) is 11.7. The van der Waals surface area contributed by atoms with Gasteiger partial charge in [-0.2, -0.15) is 0 Å². The second-order valence-electron chi connectivity index (χ2n) is 8.69. The fraction of sp³-hybridized carbons (Fsp3) is 0.947. The van der Waals surface area contributed by atoms with Crippen LogP contribution < -0.4 is 10.6 Å². The predicted molar refractivity (Wildman–Crippen MR) is 93.8 cm³/mol. The quantitative estimate of drug-likeness (QED) is 0.722. The van der Waals surface area contributed by atoms with Crippen molar-refractivity contribution in [1.29, 1.82) is 0 Å². The Morgan fingerprint density at radius 1 is 1.04 bits per heavy atom. The highest BCUT2D eigenvalue weighted by molar-refractivity contribution is 5.74. The highest BCUT2D eigenvalue weighted by Crippen LogP contribution is 2.60. The molecule has 0 radical (unpaired) electrons. The summed E-state index contributed by atoms with van der Waals surface area (Å²) in [5, 5.41) is 16.5. The van der Waals surface area contributed by atoms with Gasteiger partial charge in [-0.3, -0.25) is 4.90 Å². The van der Waals surface area contributed by atoms with Gasteiger partial charge in [0.1, 0.15) is 0 Å². The summed E-state index contributed by atoms with van der Waals surface area (Å²) in [5.74, 6) is 0.892. The molecule has 2 atom stereocenters. The summed E-state index contributed by atoms with van der Waals surface area (Å²) in [7, 11) is 0. The molecule has 1 saturated heterocycles. The molecule has 0 aromatic carbocycles. The van der Waals surface area contributed by atoms with Gasteiger partial charge in [0.2, 0.25) is 0 Å². The molecule has 4 rings (SSSR count). The molecule has 1 aliphatic heterocycles. The number of aliphatic hydroxyl groups excluding tert-OH is 1. The number of piperidine rings is 1. The predicted octanol–water partition coefficient (Wildman–Crippen LogP) is 2.24. The largest absolute Gasteiger partial charge is 0.391 e. The SMILES string of the molecule is O=C(NCC1(C2CC2)CC1)NC1CCN(C2CCCCC2O)CC1. The highest BCUT2D eigenvalue weighted by Gasteiger charge is 2.53. The van der Waals surface area contributed by atoms with Gasteiger partial charge >= 0.3 is 6.03 Å². The summed E-state index contributed by atoms with van der Waals surface area (Å²) >= 11 is 0. The summed E-state index contributed by atoms with van der Waals surface area (Å²) in [4.78, 5) is 14.6. The zero-order valence-corrected chi connectivity index (χ0v) is 14.8. The Morgan fingerprint density at radius 2 is 1.75 bits per heavy atom. The summed E-state index contributed by atoms with van der Waals surface area (Å²) in [6.07, 6.45) is 11.7.